The van der Waals surface area contributed by atoms with Gasteiger partial charge in [0.1, 0.15) is 0 Å². The van der Waals surface area contributed by atoms with Crippen LogP contribution in [0.25, 0.3) is 0 Å². The van der Waals surface area contributed by atoms with Gasteiger partial charge in [-0.1, -0.05) is 80.4 Å². The SMILES string of the molecule is CCCCCC(CCCCC)NCc1cccc(Br)c1. The quantitative estimate of drug-likeness (QED) is 0.482. The summed E-state index contributed by atoms with van der Waals surface area (Å²) in [6, 6.07) is 9.30. The topological polar surface area (TPSA) is 12.0 Å². The van der Waals surface area contributed by atoms with E-state index in [9.17, 15) is 0 Å². The fraction of sp³-hybridized carbons (Fsp3) is 0.667. The normalized spacial score (nSPS) is 11.2. The second-order valence-electron chi connectivity index (χ2n) is 5.70. The lowest BCUT2D eigenvalue weighted by Crippen LogP contribution is -2.28. The molecular formula is C18H30BrN. The molecule has 0 radical (unpaired) electrons. The summed E-state index contributed by atoms with van der Waals surface area (Å²) in [6.45, 7) is 5.55. The van der Waals surface area contributed by atoms with Crippen LogP contribution in [0.3, 0.4) is 0 Å². The Balaban J connectivity index is 2.37. The van der Waals surface area contributed by atoms with Crippen LogP contribution in [0.15, 0.2) is 28.7 Å². The standard InChI is InChI=1S/C18H30BrN/c1-3-5-7-12-18(13-8-6-4-2)20-15-16-10-9-11-17(19)14-16/h9-11,14,18,20H,3-8,12-13,15H2,1-2H3. The minimum Gasteiger partial charge on any atom is -0.310 e. The molecule has 0 saturated carbocycles. The lowest BCUT2D eigenvalue weighted by molar-refractivity contribution is 0.417. The van der Waals surface area contributed by atoms with Gasteiger partial charge in [-0.25, -0.2) is 0 Å². The molecule has 0 saturated heterocycles. The average molecular weight is 340 g/mol. The fourth-order valence-corrected chi connectivity index (χ4v) is 2.99. The predicted molar refractivity (Wildman–Crippen MR) is 93.1 cm³/mol. The number of rotatable bonds is 11. The van der Waals surface area contributed by atoms with Gasteiger partial charge < -0.3 is 5.32 Å². The third-order valence-corrected chi connectivity index (χ3v) is 4.29. The smallest absolute Gasteiger partial charge is 0.0208 e. The number of hydrogen-bond acceptors (Lipinski definition) is 1. The lowest BCUT2D eigenvalue weighted by Gasteiger charge is -2.19. The second-order valence-corrected chi connectivity index (χ2v) is 6.61. The van der Waals surface area contributed by atoms with E-state index in [0.29, 0.717) is 6.04 Å². The molecule has 1 N–H and O–H groups in total. The summed E-state index contributed by atoms with van der Waals surface area (Å²) in [5, 5.41) is 3.76. The zero-order chi connectivity index (χ0) is 14.6. The van der Waals surface area contributed by atoms with E-state index >= 15 is 0 Å². The first-order valence-corrected chi connectivity index (χ1v) is 9.03. The van der Waals surface area contributed by atoms with Crippen LogP contribution in [0.5, 0.6) is 0 Å². The minimum absolute atomic E-state index is 0.687. The number of benzene rings is 1. The van der Waals surface area contributed by atoms with Crippen LogP contribution >= 0.6 is 15.9 Å². The first kappa shape index (κ1) is 17.7. The maximum Gasteiger partial charge on any atom is 0.0208 e. The van der Waals surface area contributed by atoms with Crippen LogP contribution in [-0.4, -0.2) is 6.04 Å². The summed E-state index contributed by atoms with van der Waals surface area (Å²) in [6.07, 6.45) is 10.7. The van der Waals surface area contributed by atoms with E-state index in [2.05, 4.69) is 59.4 Å². The monoisotopic (exact) mass is 339 g/mol. The molecule has 0 fully saturated rings. The molecule has 114 valence electrons. The van der Waals surface area contributed by atoms with Gasteiger partial charge in [0, 0.05) is 17.1 Å². The molecule has 0 atom stereocenters. The van der Waals surface area contributed by atoms with Gasteiger partial charge in [0.05, 0.1) is 0 Å². The number of unbranched alkanes of at least 4 members (excludes halogenated alkanes) is 4. The highest BCUT2D eigenvalue weighted by Crippen LogP contribution is 2.14. The van der Waals surface area contributed by atoms with Crippen LogP contribution in [0, 0.1) is 0 Å². The second kappa shape index (κ2) is 11.3. The van der Waals surface area contributed by atoms with Crippen molar-refractivity contribution in [1.29, 1.82) is 0 Å². The molecule has 20 heavy (non-hydrogen) atoms. The van der Waals surface area contributed by atoms with Gasteiger partial charge in [-0.15, -0.1) is 0 Å². The predicted octanol–water partition coefficient (Wildman–Crippen LogP) is 6.07. The van der Waals surface area contributed by atoms with E-state index in [-0.39, 0.29) is 0 Å². The van der Waals surface area contributed by atoms with Gasteiger partial charge in [-0.2, -0.15) is 0 Å². The van der Waals surface area contributed by atoms with E-state index in [1.54, 1.807) is 0 Å². The van der Waals surface area contributed by atoms with E-state index in [0.717, 1.165) is 6.54 Å². The molecular weight excluding hydrogens is 310 g/mol. The summed E-state index contributed by atoms with van der Waals surface area (Å²) < 4.78 is 1.17. The van der Waals surface area contributed by atoms with Crippen molar-refractivity contribution in [2.75, 3.05) is 0 Å². The van der Waals surface area contributed by atoms with Gasteiger partial charge in [0.2, 0.25) is 0 Å². The summed E-state index contributed by atoms with van der Waals surface area (Å²) in [5.41, 5.74) is 1.37. The minimum atomic E-state index is 0.687. The Labute approximate surface area is 133 Å². The van der Waals surface area contributed by atoms with Crippen LogP contribution in [-0.2, 0) is 6.54 Å². The van der Waals surface area contributed by atoms with E-state index < -0.39 is 0 Å². The third-order valence-electron chi connectivity index (χ3n) is 3.80. The highest BCUT2D eigenvalue weighted by molar-refractivity contribution is 9.10. The van der Waals surface area contributed by atoms with Crippen molar-refractivity contribution in [2.24, 2.45) is 0 Å². The molecule has 0 bridgehead atoms. The average Bonchev–Trinajstić information content (AvgIpc) is 2.44. The van der Waals surface area contributed by atoms with E-state index in [1.165, 1.54) is 61.4 Å². The summed E-state index contributed by atoms with van der Waals surface area (Å²) >= 11 is 3.54. The molecule has 0 aliphatic carbocycles. The van der Waals surface area contributed by atoms with Crippen molar-refractivity contribution < 1.29 is 0 Å². The van der Waals surface area contributed by atoms with Crippen molar-refractivity contribution in [3.05, 3.63) is 34.3 Å². The Kier molecular flexibility index (Phi) is 10.0. The molecule has 2 heteroatoms. The summed E-state index contributed by atoms with van der Waals surface area (Å²) in [4.78, 5) is 0. The summed E-state index contributed by atoms with van der Waals surface area (Å²) in [7, 11) is 0. The van der Waals surface area contributed by atoms with Crippen LogP contribution in [0.4, 0.5) is 0 Å². The van der Waals surface area contributed by atoms with Crippen molar-refractivity contribution in [2.45, 2.75) is 77.8 Å². The Morgan fingerprint density at radius 2 is 1.65 bits per heavy atom. The number of nitrogens with one attached hydrogen (secondary N) is 1. The molecule has 0 aliphatic rings. The molecule has 0 heterocycles. The largest absolute Gasteiger partial charge is 0.310 e. The van der Waals surface area contributed by atoms with Crippen molar-refractivity contribution in [3.63, 3.8) is 0 Å². The Hall–Kier alpha value is -0.340. The Morgan fingerprint density at radius 1 is 1.00 bits per heavy atom. The molecule has 0 spiro atoms. The fourth-order valence-electron chi connectivity index (χ4n) is 2.54. The van der Waals surface area contributed by atoms with Crippen LogP contribution < -0.4 is 5.32 Å². The molecule has 0 unspecified atom stereocenters. The summed E-state index contributed by atoms with van der Waals surface area (Å²) in [5.74, 6) is 0. The highest BCUT2D eigenvalue weighted by atomic mass is 79.9. The highest BCUT2D eigenvalue weighted by Gasteiger charge is 2.07. The molecule has 1 rings (SSSR count). The maximum absolute atomic E-state index is 3.76. The zero-order valence-corrected chi connectivity index (χ0v) is 14.7. The molecule has 0 aromatic heterocycles. The zero-order valence-electron chi connectivity index (χ0n) is 13.1. The van der Waals surface area contributed by atoms with Gasteiger partial charge in [0.25, 0.3) is 0 Å². The van der Waals surface area contributed by atoms with E-state index in [1.807, 2.05) is 0 Å². The number of hydrogen-bond donors (Lipinski definition) is 1. The van der Waals surface area contributed by atoms with Gasteiger partial charge in [-0.05, 0) is 30.5 Å². The van der Waals surface area contributed by atoms with Crippen molar-refractivity contribution >= 4 is 15.9 Å². The van der Waals surface area contributed by atoms with Crippen LogP contribution in [0.2, 0.25) is 0 Å². The van der Waals surface area contributed by atoms with Crippen LogP contribution in [0.1, 0.15) is 70.8 Å². The van der Waals surface area contributed by atoms with Crippen molar-refractivity contribution in [1.82, 2.24) is 5.32 Å². The Morgan fingerprint density at radius 3 is 2.20 bits per heavy atom. The van der Waals surface area contributed by atoms with Gasteiger partial charge >= 0.3 is 0 Å². The molecule has 1 nitrogen and oxygen atoms in total. The first-order valence-electron chi connectivity index (χ1n) is 8.24. The molecule has 0 aliphatic heterocycles. The Bertz CT molecular complexity index is 341. The van der Waals surface area contributed by atoms with Gasteiger partial charge in [0.15, 0.2) is 0 Å². The first-order chi connectivity index (χ1) is 9.76. The number of halogens is 1. The third kappa shape index (κ3) is 8.06. The maximum atomic E-state index is 3.76. The molecule has 1 aromatic carbocycles. The molecule has 1 aromatic rings. The van der Waals surface area contributed by atoms with Crippen molar-refractivity contribution in [3.8, 4) is 0 Å². The lowest BCUT2D eigenvalue weighted by atomic mass is 10.0. The molecule has 0 amide bonds. The van der Waals surface area contributed by atoms with E-state index in [4.69, 9.17) is 0 Å². The van der Waals surface area contributed by atoms with Gasteiger partial charge in [-0.3, -0.25) is 0 Å².